The summed E-state index contributed by atoms with van der Waals surface area (Å²) in [5, 5.41) is 0.339. The fourth-order valence-electron chi connectivity index (χ4n) is 4.32. The monoisotopic (exact) mass is 572 g/mol. The van der Waals surface area contributed by atoms with Crippen LogP contribution in [0.1, 0.15) is 64.8 Å². The van der Waals surface area contributed by atoms with Crippen molar-refractivity contribution in [1.82, 2.24) is 14.5 Å². The van der Waals surface area contributed by atoms with Crippen molar-refractivity contribution in [2.24, 2.45) is 5.92 Å². The summed E-state index contributed by atoms with van der Waals surface area (Å²) in [5.74, 6) is 0.445. The molecule has 1 unspecified atom stereocenters. The second kappa shape index (κ2) is 13.0. The Balaban J connectivity index is 0.00000380. The molecule has 2 aromatic heterocycles. The summed E-state index contributed by atoms with van der Waals surface area (Å²) in [7, 11) is 0. The molecule has 2 aliphatic rings. The molecule has 1 aliphatic heterocycles. The normalized spacial score (nSPS) is 19.5. The van der Waals surface area contributed by atoms with Gasteiger partial charge < -0.3 is 14.2 Å². The van der Waals surface area contributed by atoms with Crippen molar-refractivity contribution in [3.8, 4) is 0 Å². The van der Waals surface area contributed by atoms with E-state index in [1.165, 1.54) is 11.8 Å². The van der Waals surface area contributed by atoms with Crippen LogP contribution in [-0.2, 0) is 14.3 Å². The van der Waals surface area contributed by atoms with Crippen molar-refractivity contribution in [2.45, 2.75) is 82.2 Å². The van der Waals surface area contributed by atoms with E-state index in [0.717, 1.165) is 43.4 Å². The third-order valence-electron chi connectivity index (χ3n) is 6.42. The van der Waals surface area contributed by atoms with Crippen LogP contribution in [0.3, 0.4) is 0 Å². The molecule has 2 aromatic rings. The fraction of sp³-hybridized carbons (Fsp3) is 0.708. The fourth-order valence-corrected chi connectivity index (χ4v) is 5.05. The molecule has 1 atom stereocenters. The molecule has 0 spiro atoms. The number of nitrogens with zero attached hydrogens (tertiary/aromatic N) is 4. The van der Waals surface area contributed by atoms with Crippen LogP contribution in [0.4, 0.5) is 23.2 Å². The first-order valence-corrected chi connectivity index (χ1v) is 13.5. The van der Waals surface area contributed by atoms with Gasteiger partial charge in [-0.1, -0.05) is 44.9 Å². The number of alkyl halides is 4. The van der Waals surface area contributed by atoms with Gasteiger partial charge in [-0.3, -0.25) is 9.53 Å². The van der Waals surface area contributed by atoms with Gasteiger partial charge in [-0.2, -0.15) is 17.6 Å². The number of rotatable bonds is 12. The number of halogens is 4. The van der Waals surface area contributed by atoms with Gasteiger partial charge in [0.25, 0.3) is 0 Å². The van der Waals surface area contributed by atoms with Gasteiger partial charge in [0.15, 0.2) is 5.16 Å². The van der Waals surface area contributed by atoms with Crippen molar-refractivity contribution in [3.63, 3.8) is 0 Å². The molecule has 1 saturated carbocycles. The smallest absolute Gasteiger partial charge is 0.377 e. The van der Waals surface area contributed by atoms with Crippen molar-refractivity contribution in [3.05, 3.63) is 12.4 Å². The molecule has 0 bridgehead atoms. The summed E-state index contributed by atoms with van der Waals surface area (Å²) in [5.41, 5.74) is 1.13. The van der Waals surface area contributed by atoms with Gasteiger partial charge in [0.1, 0.15) is 18.6 Å². The molecule has 37 heavy (non-hydrogen) atoms. The van der Waals surface area contributed by atoms with Crippen LogP contribution in [0.2, 0.25) is 0 Å². The molecule has 4 rings (SSSR count). The van der Waals surface area contributed by atoms with E-state index in [2.05, 4.69) is 28.6 Å². The van der Waals surface area contributed by atoms with Crippen LogP contribution < -0.4 is 4.90 Å². The Morgan fingerprint density at radius 1 is 1.24 bits per heavy atom. The maximum Gasteiger partial charge on any atom is 0.377 e. The van der Waals surface area contributed by atoms with Crippen molar-refractivity contribution >= 4 is 34.5 Å². The summed E-state index contributed by atoms with van der Waals surface area (Å²) in [6.45, 7) is 2.63. The predicted molar refractivity (Wildman–Crippen MR) is 129 cm³/mol. The topological polar surface area (TPSA) is 69.5 Å². The number of unbranched alkanes of at least 4 members (excludes halogenated alkanes) is 1. The first kappa shape index (κ1) is 30.7. The minimum Gasteiger partial charge on any atom is -0.465 e. The van der Waals surface area contributed by atoms with Crippen LogP contribution in [0.15, 0.2) is 17.6 Å². The number of aromatic nitrogens is 3. The molecular weight excluding hydrogens is 540 g/mol. The van der Waals surface area contributed by atoms with E-state index >= 15 is 0 Å². The number of morpholine rings is 1. The minimum absolute atomic E-state index is 0. The molecule has 0 aromatic carbocycles. The van der Waals surface area contributed by atoms with Crippen LogP contribution in [0.25, 0.3) is 11.0 Å². The Labute approximate surface area is 248 Å². The molecule has 0 N–H and O–H groups in total. The van der Waals surface area contributed by atoms with E-state index in [-0.39, 0.29) is 61.9 Å². The van der Waals surface area contributed by atoms with Gasteiger partial charge in [-0.05, 0) is 25.2 Å². The third kappa shape index (κ3) is 8.33. The van der Waals surface area contributed by atoms with Crippen LogP contribution in [0.5, 0.6) is 0 Å². The van der Waals surface area contributed by atoms with Gasteiger partial charge in [0, 0.05) is 55.7 Å². The minimum atomic E-state index is -3.99. The predicted octanol–water partition coefficient (Wildman–Crippen LogP) is 6.03. The number of esters is 1. The Morgan fingerprint density at radius 3 is 2.57 bits per heavy atom. The number of hydrogen-bond donors (Lipinski definition) is 0. The van der Waals surface area contributed by atoms with E-state index in [9.17, 15) is 22.4 Å². The largest absolute Gasteiger partial charge is 0.465 e. The molecule has 2 fully saturated rings. The van der Waals surface area contributed by atoms with Crippen LogP contribution in [-0.4, -0.2) is 58.2 Å². The number of carbonyl (C=O) groups is 1. The Bertz CT molecular complexity index is 1050. The zero-order valence-corrected chi connectivity index (χ0v) is 22.4. The van der Waals surface area contributed by atoms with E-state index in [0.29, 0.717) is 34.5 Å². The first-order chi connectivity index (χ1) is 17.1. The van der Waals surface area contributed by atoms with E-state index in [4.69, 9.17) is 4.74 Å². The molecule has 0 radical (unpaired) electrons. The van der Waals surface area contributed by atoms with E-state index in [1.807, 2.05) is 4.57 Å². The quantitative estimate of drug-likeness (QED) is 0.133. The van der Waals surface area contributed by atoms with Crippen LogP contribution >= 0.6 is 11.8 Å². The summed E-state index contributed by atoms with van der Waals surface area (Å²) >= 11 is 1.23. The van der Waals surface area contributed by atoms with Crippen molar-refractivity contribution in [1.29, 1.82) is 0 Å². The molecule has 7 nitrogen and oxygen atoms in total. The number of carbonyl (C=O) groups excluding carboxylic acids is 1. The summed E-state index contributed by atoms with van der Waals surface area (Å²) < 4.78 is 66.5. The molecule has 208 valence electrons. The second-order valence-electron chi connectivity index (χ2n) is 9.47. The van der Waals surface area contributed by atoms with Crippen molar-refractivity contribution < 1.29 is 69.6 Å². The molecule has 0 amide bonds. The van der Waals surface area contributed by atoms with E-state index in [1.54, 1.807) is 12.4 Å². The summed E-state index contributed by atoms with van der Waals surface area (Å²) in [6.07, 6.45) is 1.40. The molecular formula is C24H32ArF4N4O3S. The van der Waals surface area contributed by atoms with Crippen LogP contribution in [0, 0.1) is 43.7 Å². The molecule has 13 heteroatoms. The Morgan fingerprint density at radius 2 is 1.95 bits per heavy atom. The first-order valence-electron chi connectivity index (χ1n) is 12.5. The van der Waals surface area contributed by atoms with Gasteiger partial charge in [-0.25, -0.2) is 9.97 Å². The van der Waals surface area contributed by atoms with Gasteiger partial charge in [0.2, 0.25) is 0 Å². The standard InChI is InChI=1S/C24H32F4N4O3S.Ar/c1-3-5-6-16(4-2)13-34-20(33)9-10-36-22-29-11-18-21(30-22)19(12-32(18)17-7-8-17)31-14-23(25,26)35-24(27,28)15-31;/h11-12,16-17H,3-10,13-15H2,1-2H3;. The number of hydrogen-bond acceptors (Lipinski definition) is 7. The van der Waals surface area contributed by atoms with Gasteiger partial charge >= 0.3 is 18.2 Å². The Hall–Kier alpha value is -0.820. The molecule has 3 heterocycles. The van der Waals surface area contributed by atoms with Gasteiger partial charge in [-0.15, -0.1) is 0 Å². The number of thioether (sulfide) groups is 1. The Kier molecular flexibility index (Phi) is 10.8. The molecule has 1 aliphatic carbocycles. The van der Waals surface area contributed by atoms with E-state index < -0.39 is 25.3 Å². The number of ether oxygens (including phenoxy) is 2. The average Bonchev–Trinajstić information content (AvgIpc) is 3.57. The zero-order valence-electron chi connectivity index (χ0n) is 20.9. The van der Waals surface area contributed by atoms with Gasteiger partial charge in [0.05, 0.1) is 30.4 Å². The number of anilines is 1. The summed E-state index contributed by atoms with van der Waals surface area (Å²) in [6, 6.07) is 0.171. The maximum atomic E-state index is 13.9. The number of fused-ring (bicyclic) bond motifs is 1. The maximum absolute atomic E-state index is 13.9. The SMILES string of the molecule is CCCCC(CC)COC(=O)CCSc1ncc2c(n1)c(N1CC(F)(F)OC(F)(F)C1)cn2C1CC1.[Ar]. The zero-order chi connectivity index (χ0) is 25.9. The third-order valence-corrected chi connectivity index (χ3v) is 7.28. The second-order valence-corrected chi connectivity index (χ2v) is 10.5. The van der Waals surface area contributed by atoms with Crippen molar-refractivity contribution in [2.75, 3.05) is 30.3 Å². The molecule has 1 saturated heterocycles. The summed E-state index contributed by atoms with van der Waals surface area (Å²) in [4.78, 5) is 21.9. The average molecular weight is 573 g/mol.